The van der Waals surface area contributed by atoms with Crippen molar-refractivity contribution in [1.29, 1.82) is 0 Å². The van der Waals surface area contributed by atoms with Gasteiger partial charge < -0.3 is 29.2 Å². The first kappa shape index (κ1) is 33.7. The predicted molar refractivity (Wildman–Crippen MR) is 180 cm³/mol. The van der Waals surface area contributed by atoms with Gasteiger partial charge in [-0.15, -0.1) is 0 Å². The number of halogens is 1. The molecule has 10 heteroatoms. The third-order valence-corrected chi connectivity index (χ3v) is 8.52. The van der Waals surface area contributed by atoms with Crippen LogP contribution in [0.5, 0.6) is 17.2 Å². The Morgan fingerprint density at radius 1 is 0.936 bits per heavy atom. The van der Waals surface area contributed by atoms with Gasteiger partial charge in [-0.05, 0) is 83.3 Å². The van der Waals surface area contributed by atoms with Crippen LogP contribution in [0.4, 0.5) is 4.39 Å². The van der Waals surface area contributed by atoms with Crippen LogP contribution in [0.3, 0.4) is 0 Å². The van der Waals surface area contributed by atoms with Crippen LogP contribution in [0.2, 0.25) is 0 Å². The number of carbonyl (C=O) groups excluding carboxylic acids is 2. The average Bonchev–Trinajstić information content (AvgIpc) is 3.32. The minimum Gasteiger partial charge on any atom is -0.493 e. The maximum atomic E-state index is 14.4. The zero-order valence-corrected chi connectivity index (χ0v) is 27.4. The van der Waals surface area contributed by atoms with Crippen LogP contribution in [0.25, 0.3) is 17.2 Å². The number of hydrogen-bond donors (Lipinski definition) is 1. The largest absolute Gasteiger partial charge is 0.493 e. The molecule has 0 bridgehead atoms. The SMILES string of the molecule is COc1cc(/C=C2/C(C)=C(CC(=O)NCc3ccccc3)c3cc(F)ccc32)cc(OC)c1OCC(=O)OCCN1CCN(C)CC1. The summed E-state index contributed by atoms with van der Waals surface area (Å²) < 4.78 is 36.9. The molecule has 2 aliphatic rings. The summed E-state index contributed by atoms with van der Waals surface area (Å²) >= 11 is 0. The Morgan fingerprint density at radius 3 is 2.32 bits per heavy atom. The van der Waals surface area contributed by atoms with Gasteiger partial charge in [-0.2, -0.15) is 0 Å². The first-order chi connectivity index (χ1) is 22.7. The van der Waals surface area contributed by atoms with Crippen molar-refractivity contribution in [3.05, 3.63) is 94.3 Å². The highest BCUT2D eigenvalue weighted by atomic mass is 19.1. The molecular formula is C37H42FN3O6. The summed E-state index contributed by atoms with van der Waals surface area (Å²) in [7, 11) is 5.12. The van der Waals surface area contributed by atoms with Crippen molar-refractivity contribution in [2.75, 3.05) is 67.2 Å². The zero-order chi connectivity index (χ0) is 33.3. The fourth-order valence-electron chi connectivity index (χ4n) is 5.83. The number of fused-ring (bicyclic) bond motifs is 1. The summed E-state index contributed by atoms with van der Waals surface area (Å²) in [5.41, 5.74) is 5.74. The number of hydrogen-bond acceptors (Lipinski definition) is 8. The van der Waals surface area contributed by atoms with E-state index in [9.17, 15) is 14.0 Å². The second-order valence-corrected chi connectivity index (χ2v) is 11.7. The minimum absolute atomic E-state index is 0.108. The average molecular weight is 644 g/mol. The van der Waals surface area contributed by atoms with Crippen LogP contribution in [-0.4, -0.2) is 88.9 Å². The number of carbonyl (C=O) groups is 2. The van der Waals surface area contributed by atoms with E-state index in [1.165, 1.54) is 26.4 Å². The summed E-state index contributed by atoms with van der Waals surface area (Å²) in [6.07, 6.45) is 2.06. The molecule has 5 rings (SSSR count). The lowest BCUT2D eigenvalue weighted by atomic mass is 10.00. The van der Waals surface area contributed by atoms with Crippen molar-refractivity contribution in [1.82, 2.24) is 15.1 Å². The van der Waals surface area contributed by atoms with Crippen molar-refractivity contribution < 1.29 is 32.9 Å². The monoisotopic (exact) mass is 643 g/mol. The molecule has 1 saturated heterocycles. The number of likely N-dealkylation sites (N-methyl/N-ethyl adjacent to an activating group) is 1. The molecule has 0 aromatic heterocycles. The molecule has 3 aromatic rings. The molecule has 1 aliphatic heterocycles. The van der Waals surface area contributed by atoms with Gasteiger partial charge in [0, 0.05) is 39.3 Å². The van der Waals surface area contributed by atoms with Gasteiger partial charge in [-0.3, -0.25) is 9.69 Å². The van der Waals surface area contributed by atoms with Crippen LogP contribution in [0, 0.1) is 5.82 Å². The zero-order valence-electron chi connectivity index (χ0n) is 27.4. The lowest BCUT2D eigenvalue weighted by Crippen LogP contribution is -2.45. The van der Waals surface area contributed by atoms with E-state index in [0.717, 1.165) is 59.6 Å². The molecule has 1 N–H and O–H groups in total. The third-order valence-electron chi connectivity index (χ3n) is 8.52. The van der Waals surface area contributed by atoms with Gasteiger partial charge in [-0.1, -0.05) is 36.4 Å². The highest BCUT2D eigenvalue weighted by Gasteiger charge is 2.26. The molecule has 3 aromatic carbocycles. The fraction of sp³-hybridized carbons (Fsp3) is 0.351. The van der Waals surface area contributed by atoms with Gasteiger partial charge in [0.1, 0.15) is 12.4 Å². The van der Waals surface area contributed by atoms with Crippen LogP contribution >= 0.6 is 0 Å². The molecule has 0 unspecified atom stereocenters. The highest BCUT2D eigenvalue weighted by molar-refractivity contribution is 6.08. The lowest BCUT2D eigenvalue weighted by Gasteiger charge is -2.32. The standard InChI is InChI=1S/C37H42FN3O6/c1-25-30(29-11-10-28(38)21-32(29)31(25)22-35(42)39-23-26-8-6-5-7-9-26)18-27-19-33(44-3)37(34(20-27)45-4)47-24-36(43)46-17-16-41-14-12-40(2)13-15-41/h5-11,18-21H,12-17,22-24H2,1-4H3,(H,39,42)/b30-18-. The van der Waals surface area contributed by atoms with Gasteiger partial charge in [0.2, 0.25) is 11.7 Å². The van der Waals surface area contributed by atoms with Crippen molar-refractivity contribution in [3.63, 3.8) is 0 Å². The highest BCUT2D eigenvalue weighted by Crippen LogP contribution is 2.45. The molecule has 47 heavy (non-hydrogen) atoms. The van der Waals surface area contributed by atoms with E-state index in [-0.39, 0.29) is 30.5 Å². The molecule has 1 fully saturated rings. The Kier molecular flexibility index (Phi) is 11.3. The summed E-state index contributed by atoms with van der Waals surface area (Å²) in [6.45, 7) is 6.91. The van der Waals surface area contributed by atoms with Gasteiger partial charge >= 0.3 is 5.97 Å². The second kappa shape index (κ2) is 15.8. The van der Waals surface area contributed by atoms with Crippen LogP contribution in [0.1, 0.15) is 35.6 Å². The normalized spacial score (nSPS) is 15.8. The summed E-state index contributed by atoms with van der Waals surface area (Å²) in [5, 5.41) is 2.97. The predicted octanol–water partition coefficient (Wildman–Crippen LogP) is 5.05. The van der Waals surface area contributed by atoms with Crippen molar-refractivity contribution in [2.45, 2.75) is 19.9 Å². The van der Waals surface area contributed by atoms with E-state index in [1.807, 2.05) is 43.3 Å². The Hall–Kier alpha value is -4.67. The number of ether oxygens (including phenoxy) is 4. The third kappa shape index (κ3) is 8.58. The van der Waals surface area contributed by atoms with Gasteiger partial charge in [0.15, 0.2) is 18.1 Å². The van der Waals surface area contributed by atoms with E-state index >= 15 is 0 Å². The number of nitrogens with one attached hydrogen (secondary N) is 1. The topological polar surface area (TPSA) is 89.6 Å². The molecule has 0 spiro atoms. The quantitative estimate of drug-likeness (QED) is 0.259. The molecule has 0 saturated carbocycles. The maximum absolute atomic E-state index is 14.4. The van der Waals surface area contributed by atoms with E-state index < -0.39 is 5.97 Å². The Labute approximate surface area is 275 Å². The molecule has 1 amide bonds. The molecule has 1 aliphatic carbocycles. The van der Waals surface area contributed by atoms with Crippen LogP contribution in [0.15, 0.2) is 66.2 Å². The number of piperazine rings is 1. The van der Waals surface area contributed by atoms with Crippen LogP contribution < -0.4 is 19.5 Å². The molecular weight excluding hydrogens is 601 g/mol. The van der Waals surface area contributed by atoms with Crippen molar-refractivity contribution in [3.8, 4) is 17.2 Å². The van der Waals surface area contributed by atoms with Gasteiger partial charge in [-0.25, -0.2) is 9.18 Å². The Bertz CT molecular complexity index is 1620. The number of rotatable bonds is 13. The van der Waals surface area contributed by atoms with E-state index in [1.54, 1.807) is 18.2 Å². The summed E-state index contributed by atoms with van der Waals surface area (Å²) in [5.74, 6) is 0.0299. The second-order valence-electron chi connectivity index (χ2n) is 11.7. The van der Waals surface area contributed by atoms with Crippen molar-refractivity contribution in [2.24, 2.45) is 0 Å². The number of esters is 1. The Balaban J connectivity index is 1.30. The molecule has 0 atom stereocenters. The van der Waals surface area contributed by atoms with E-state index in [4.69, 9.17) is 18.9 Å². The maximum Gasteiger partial charge on any atom is 0.344 e. The first-order valence-electron chi connectivity index (χ1n) is 15.7. The smallest absolute Gasteiger partial charge is 0.344 e. The number of nitrogens with zero attached hydrogens (tertiary/aromatic N) is 2. The Morgan fingerprint density at radius 2 is 1.64 bits per heavy atom. The number of amides is 1. The first-order valence-corrected chi connectivity index (χ1v) is 15.7. The fourth-order valence-corrected chi connectivity index (χ4v) is 5.83. The summed E-state index contributed by atoms with van der Waals surface area (Å²) in [6, 6.07) is 17.9. The van der Waals surface area contributed by atoms with E-state index in [2.05, 4.69) is 22.2 Å². The number of methoxy groups -OCH3 is 2. The number of benzene rings is 3. The van der Waals surface area contributed by atoms with Gasteiger partial charge in [0.25, 0.3) is 0 Å². The minimum atomic E-state index is -0.481. The van der Waals surface area contributed by atoms with Gasteiger partial charge in [0.05, 0.1) is 20.6 Å². The van der Waals surface area contributed by atoms with Crippen molar-refractivity contribution >= 4 is 29.1 Å². The molecule has 0 radical (unpaired) electrons. The number of allylic oxidation sites excluding steroid dienone is 2. The molecule has 1 heterocycles. The van der Waals surface area contributed by atoms with E-state index in [0.29, 0.717) is 36.8 Å². The lowest BCUT2D eigenvalue weighted by molar-refractivity contribution is -0.146. The van der Waals surface area contributed by atoms with Crippen LogP contribution in [-0.2, 0) is 20.9 Å². The molecule has 248 valence electrons. The molecule has 9 nitrogen and oxygen atoms in total. The summed E-state index contributed by atoms with van der Waals surface area (Å²) in [4.78, 5) is 30.0.